The number of amides is 1. The minimum Gasteiger partial charge on any atom is -0.394 e. The summed E-state index contributed by atoms with van der Waals surface area (Å²) in [4.78, 5) is 14.2. The van der Waals surface area contributed by atoms with E-state index in [0.717, 1.165) is 31.5 Å². The van der Waals surface area contributed by atoms with Gasteiger partial charge in [0, 0.05) is 6.54 Å². The zero-order valence-corrected chi connectivity index (χ0v) is 12.3. The monoisotopic (exact) mass is 316 g/mol. The number of carbonyl (C=O) groups excluding carboxylic acids is 1. The van der Waals surface area contributed by atoms with Crippen molar-refractivity contribution in [3.8, 4) is 0 Å². The van der Waals surface area contributed by atoms with Gasteiger partial charge in [-0.1, -0.05) is 0 Å². The van der Waals surface area contributed by atoms with Crippen molar-refractivity contribution in [2.45, 2.75) is 18.9 Å². The number of benzene rings is 1. The Morgan fingerprint density at radius 1 is 1.41 bits per heavy atom. The lowest BCUT2D eigenvalue weighted by Gasteiger charge is -2.30. The van der Waals surface area contributed by atoms with E-state index < -0.39 is 30.1 Å². The predicted octanol–water partition coefficient (Wildman–Crippen LogP) is 1.60. The number of aliphatic hydroxyl groups excluding tert-OH is 1. The quantitative estimate of drug-likeness (QED) is 0.830. The highest BCUT2D eigenvalue weighted by atomic mass is 19.2. The second-order valence-corrected chi connectivity index (χ2v) is 5.64. The van der Waals surface area contributed by atoms with Crippen LogP contribution in [0.15, 0.2) is 12.1 Å². The summed E-state index contributed by atoms with van der Waals surface area (Å²) in [6.45, 7) is 0.983. The number of halogens is 3. The van der Waals surface area contributed by atoms with Crippen LogP contribution in [0.3, 0.4) is 0 Å². The first-order valence-corrected chi connectivity index (χ1v) is 7.16. The van der Waals surface area contributed by atoms with E-state index in [9.17, 15) is 23.1 Å². The topological polar surface area (TPSA) is 52.6 Å². The molecule has 1 fully saturated rings. The molecule has 0 spiro atoms. The van der Waals surface area contributed by atoms with Crippen LogP contribution in [0.25, 0.3) is 0 Å². The predicted molar refractivity (Wildman–Crippen MR) is 74.5 cm³/mol. The SMILES string of the molecule is CN1CCCC(C(=O)NC(CO)c2cc(F)c(F)c(F)c2)C1. The molecule has 1 aliphatic heterocycles. The van der Waals surface area contributed by atoms with Crippen molar-refractivity contribution in [2.75, 3.05) is 26.7 Å². The maximum absolute atomic E-state index is 13.3. The normalized spacial score (nSPS) is 20.7. The third-order valence-electron chi connectivity index (χ3n) is 3.90. The van der Waals surface area contributed by atoms with Crippen LogP contribution in [0, 0.1) is 23.4 Å². The Balaban J connectivity index is 2.10. The lowest BCUT2D eigenvalue weighted by atomic mass is 9.96. The Bertz CT molecular complexity index is 531. The van der Waals surface area contributed by atoms with Crippen molar-refractivity contribution in [3.05, 3.63) is 35.1 Å². The molecule has 0 radical (unpaired) electrons. The van der Waals surface area contributed by atoms with Crippen molar-refractivity contribution in [1.82, 2.24) is 10.2 Å². The number of rotatable bonds is 4. The molecule has 2 N–H and O–H groups in total. The lowest BCUT2D eigenvalue weighted by Crippen LogP contribution is -2.43. The third kappa shape index (κ3) is 3.78. The zero-order chi connectivity index (χ0) is 16.3. The summed E-state index contributed by atoms with van der Waals surface area (Å²) in [5.41, 5.74) is -0.00332. The first-order chi connectivity index (χ1) is 10.4. The summed E-state index contributed by atoms with van der Waals surface area (Å²) < 4.78 is 39.5. The van der Waals surface area contributed by atoms with Crippen LogP contribution in [0.4, 0.5) is 13.2 Å². The van der Waals surface area contributed by atoms with E-state index in [4.69, 9.17) is 0 Å². The molecule has 1 saturated heterocycles. The third-order valence-corrected chi connectivity index (χ3v) is 3.90. The Hall–Kier alpha value is -1.60. The van der Waals surface area contributed by atoms with Gasteiger partial charge in [-0.05, 0) is 44.1 Å². The van der Waals surface area contributed by atoms with Crippen molar-refractivity contribution in [3.63, 3.8) is 0 Å². The number of nitrogens with one attached hydrogen (secondary N) is 1. The van der Waals surface area contributed by atoms with E-state index in [1.807, 2.05) is 11.9 Å². The van der Waals surface area contributed by atoms with Crippen LogP contribution >= 0.6 is 0 Å². The number of likely N-dealkylation sites (tertiary alicyclic amines) is 1. The first-order valence-electron chi connectivity index (χ1n) is 7.16. The molecule has 1 amide bonds. The standard InChI is InChI=1S/C15H19F3N2O2/c1-20-4-2-3-9(7-20)15(22)19-13(8-21)10-5-11(16)14(18)12(17)6-10/h5-6,9,13,21H,2-4,7-8H2,1H3,(H,19,22). The molecule has 122 valence electrons. The molecule has 7 heteroatoms. The van der Waals surface area contributed by atoms with Gasteiger partial charge in [-0.25, -0.2) is 13.2 Å². The fourth-order valence-electron chi connectivity index (χ4n) is 2.68. The molecule has 0 bridgehead atoms. The summed E-state index contributed by atoms with van der Waals surface area (Å²) >= 11 is 0. The number of hydrogen-bond donors (Lipinski definition) is 2. The smallest absolute Gasteiger partial charge is 0.224 e. The minimum absolute atomic E-state index is 0.00332. The molecule has 2 unspecified atom stereocenters. The van der Waals surface area contributed by atoms with Gasteiger partial charge >= 0.3 is 0 Å². The number of piperidine rings is 1. The van der Waals surface area contributed by atoms with Gasteiger partial charge in [0.1, 0.15) is 0 Å². The number of hydrogen-bond acceptors (Lipinski definition) is 3. The van der Waals surface area contributed by atoms with Gasteiger partial charge in [0.25, 0.3) is 0 Å². The van der Waals surface area contributed by atoms with E-state index in [0.29, 0.717) is 6.54 Å². The Morgan fingerprint density at radius 3 is 2.59 bits per heavy atom. The fourth-order valence-corrected chi connectivity index (χ4v) is 2.68. The van der Waals surface area contributed by atoms with Gasteiger partial charge in [0.05, 0.1) is 18.6 Å². The summed E-state index contributed by atoms with van der Waals surface area (Å²) in [6, 6.07) is 0.600. The molecule has 0 saturated carbocycles. The second-order valence-electron chi connectivity index (χ2n) is 5.64. The van der Waals surface area contributed by atoms with Crippen molar-refractivity contribution in [1.29, 1.82) is 0 Å². The zero-order valence-electron chi connectivity index (χ0n) is 12.3. The molecule has 1 aromatic rings. The number of nitrogens with zero attached hydrogens (tertiary/aromatic N) is 1. The van der Waals surface area contributed by atoms with E-state index in [2.05, 4.69) is 5.32 Å². The molecule has 0 aliphatic carbocycles. The van der Waals surface area contributed by atoms with Crippen molar-refractivity contribution < 1.29 is 23.1 Å². The van der Waals surface area contributed by atoms with Crippen LogP contribution in [0.2, 0.25) is 0 Å². The molecule has 2 atom stereocenters. The average Bonchev–Trinajstić information content (AvgIpc) is 2.49. The summed E-state index contributed by atoms with van der Waals surface area (Å²) in [6.07, 6.45) is 1.61. The maximum atomic E-state index is 13.3. The van der Waals surface area contributed by atoms with E-state index >= 15 is 0 Å². The Morgan fingerprint density at radius 2 is 2.05 bits per heavy atom. The van der Waals surface area contributed by atoms with E-state index in [1.54, 1.807) is 0 Å². The van der Waals surface area contributed by atoms with Gasteiger partial charge in [-0.15, -0.1) is 0 Å². The van der Waals surface area contributed by atoms with Crippen LogP contribution in [0.1, 0.15) is 24.4 Å². The summed E-state index contributed by atoms with van der Waals surface area (Å²) in [5.74, 6) is -4.78. The molecule has 2 rings (SSSR count). The molecular formula is C15H19F3N2O2. The largest absolute Gasteiger partial charge is 0.394 e. The highest BCUT2D eigenvalue weighted by molar-refractivity contribution is 5.79. The molecule has 4 nitrogen and oxygen atoms in total. The van der Waals surface area contributed by atoms with Gasteiger partial charge in [-0.3, -0.25) is 4.79 Å². The van der Waals surface area contributed by atoms with Crippen molar-refractivity contribution >= 4 is 5.91 Å². The van der Waals surface area contributed by atoms with Crippen LogP contribution in [-0.4, -0.2) is 42.7 Å². The van der Waals surface area contributed by atoms with Gasteiger partial charge in [0.15, 0.2) is 17.5 Å². The highest BCUT2D eigenvalue weighted by Gasteiger charge is 2.26. The van der Waals surface area contributed by atoms with Crippen LogP contribution in [-0.2, 0) is 4.79 Å². The van der Waals surface area contributed by atoms with E-state index in [-0.39, 0.29) is 17.4 Å². The lowest BCUT2D eigenvalue weighted by molar-refractivity contribution is -0.127. The molecular weight excluding hydrogens is 297 g/mol. The second kappa shape index (κ2) is 7.11. The minimum atomic E-state index is -1.57. The Kier molecular flexibility index (Phi) is 5.42. The van der Waals surface area contributed by atoms with Crippen LogP contribution in [0.5, 0.6) is 0 Å². The van der Waals surface area contributed by atoms with Crippen LogP contribution < -0.4 is 5.32 Å². The number of carbonyl (C=O) groups is 1. The van der Waals surface area contributed by atoms with E-state index in [1.165, 1.54) is 0 Å². The Labute approximate surface area is 126 Å². The molecule has 1 aliphatic rings. The first kappa shape index (κ1) is 16.8. The summed E-state index contributed by atoms with van der Waals surface area (Å²) in [5, 5.41) is 11.9. The maximum Gasteiger partial charge on any atom is 0.224 e. The number of aliphatic hydroxyl groups is 1. The molecule has 1 heterocycles. The molecule has 1 aromatic carbocycles. The average molecular weight is 316 g/mol. The highest BCUT2D eigenvalue weighted by Crippen LogP contribution is 2.21. The molecule has 22 heavy (non-hydrogen) atoms. The summed E-state index contributed by atoms with van der Waals surface area (Å²) in [7, 11) is 1.91. The van der Waals surface area contributed by atoms with Gasteiger partial charge in [0.2, 0.25) is 5.91 Å². The van der Waals surface area contributed by atoms with Gasteiger partial charge in [-0.2, -0.15) is 0 Å². The van der Waals surface area contributed by atoms with Gasteiger partial charge < -0.3 is 15.3 Å². The van der Waals surface area contributed by atoms with Crippen molar-refractivity contribution in [2.24, 2.45) is 5.92 Å². The molecule has 0 aromatic heterocycles. The fraction of sp³-hybridized carbons (Fsp3) is 0.533.